The van der Waals surface area contributed by atoms with E-state index < -0.39 is 0 Å². The van der Waals surface area contributed by atoms with Crippen LogP contribution >= 0.6 is 0 Å². The zero-order valence-electron chi connectivity index (χ0n) is 8.05. The zero-order chi connectivity index (χ0) is 10.3. The van der Waals surface area contributed by atoms with Crippen LogP contribution in [0, 0.1) is 0 Å². The number of aliphatic hydroxyl groups is 1. The molecule has 0 saturated carbocycles. The minimum absolute atomic E-state index is 0.193. The summed E-state index contributed by atoms with van der Waals surface area (Å²) in [6.45, 7) is -0.193. The molecule has 0 bridgehead atoms. The summed E-state index contributed by atoms with van der Waals surface area (Å²) in [4.78, 5) is 4.12. The van der Waals surface area contributed by atoms with Gasteiger partial charge in [-0.1, -0.05) is 29.4 Å². The van der Waals surface area contributed by atoms with Crippen molar-refractivity contribution in [3.05, 3.63) is 47.1 Å². The van der Waals surface area contributed by atoms with Crippen molar-refractivity contribution in [2.24, 2.45) is 0 Å². The standard InChI is InChI=1S/C11H10N2O2/c14-6-10-12-11(13-15-10)9-5-7-3-1-2-4-8(7)9/h1-4,9,14H,5-6H2. The molecule has 76 valence electrons. The Morgan fingerprint density at radius 3 is 3.00 bits per heavy atom. The minimum atomic E-state index is -0.193. The molecule has 1 aliphatic carbocycles. The highest BCUT2D eigenvalue weighted by Gasteiger charge is 2.30. The lowest BCUT2D eigenvalue weighted by Gasteiger charge is -2.27. The van der Waals surface area contributed by atoms with Gasteiger partial charge in [-0.2, -0.15) is 4.98 Å². The van der Waals surface area contributed by atoms with Gasteiger partial charge in [0.25, 0.3) is 5.89 Å². The van der Waals surface area contributed by atoms with E-state index in [4.69, 9.17) is 9.63 Å². The second-order valence-electron chi connectivity index (χ2n) is 3.66. The van der Waals surface area contributed by atoms with E-state index in [1.54, 1.807) is 0 Å². The van der Waals surface area contributed by atoms with E-state index >= 15 is 0 Å². The first-order valence-electron chi connectivity index (χ1n) is 4.89. The first kappa shape index (κ1) is 8.61. The summed E-state index contributed by atoms with van der Waals surface area (Å²) in [6, 6.07) is 8.24. The third kappa shape index (κ3) is 1.26. The Morgan fingerprint density at radius 1 is 1.40 bits per heavy atom. The van der Waals surface area contributed by atoms with Crippen LogP contribution in [-0.2, 0) is 13.0 Å². The van der Waals surface area contributed by atoms with Gasteiger partial charge in [0.15, 0.2) is 5.82 Å². The molecule has 0 fully saturated rings. The van der Waals surface area contributed by atoms with E-state index in [2.05, 4.69) is 22.3 Å². The minimum Gasteiger partial charge on any atom is -0.387 e. The summed E-state index contributed by atoms with van der Waals surface area (Å²) >= 11 is 0. The molecule has 1 unspecified atom stereocenters. The molecule has 2 aromatic rings. The molecular weight excluding hydrogens is 192 g/mol. The lowest BCUT2D eigenvalue weighted by Crippen LogP contribution is -2.19. The molecule has 1 heterocycles. The van der Waals surface area contributed by atoms with Crippen LogP contribution in [0.1, 0.15) is 28.8 Å². The normalized spacial score (nSPS) is 18.3. The maximum Gasteiger partial charge on any atom is 0.252 e. The van der Waals surface area contributed by atoms with Gasteiger partial charge in [0.1, 0.15) is 6.61 Å². The maximum absolute atomic E-state index is 8.82. The topological polar surface area (TPSA) is 59.2 Å². The second-order valence-corrected chi connectivity index (χ2v) is 3.66. The zero-order valence-corrected chi connectivity index (χ0v) is 8.05. The SMILES string of the molecule is OCc1nc(C2Cc3ccccc32)no1. The Hall–Kier alpha value is -1.68. The van der Waals surface area contributed by atoms with Crippen molar-refractivity contribution in [3.8, 4) is 0 Å². The number of nitrogens with zero attached hydrogens (tertiary/aromatic N) is 2. The van der Waals surface area contributed by atoms with Crippen molar-refractivity contribution in [1.82, 2.24) is 10.1 Å². The highest BCUT2D eigenvalue weighted by molar-refractivity contribution is 5.43. The van der Waals surface area contributed by atoms with Crippen LogP contribution < -0.4 is 0 Å². The first-order valence-corrected chi connectivity index (χ1v) is 4.89. The number of hydrogen-bond donors (Lipinski definition) is 1. The first-order chi connectivity index (χ1) is 7.38. The number of aromatic nitrogens is 2. The van der Waals surface area contributed by atoms with Gasteiger partial charge in [-0.05, 0) is 17.5 Å². The molecule has 1 N–H and O–H groups in total. The van der Waals surface area contributed by atoms with E-state index in [0.29, 0.717) is 5.82 Å². The molecule has 0 saturated heterocycles. The Balaban J connectivity index is 1.93. The quantitative estimate of drug-likeness (QED) is 0.796. The monoisotopic (exact) mass is 202 g/mol. The van der Waals surface area contributed by atoms with Gasteiger partial charge in [-0.15, -0.1) is 0 Å². The average Bonchev–Trinajstić information content (AvgIpc) is 2.68. The van der Waals surface area contributed by atoms with Crippen LogP contribution in [0.5, 0.6) is 0 Å². The Bertz CT molecular complexity index is 493. The lowest BCUT2D eigenvalue weighted by atomic mass is 9.77. The van der Waals surface area contributed by atoms with Gasteiger partial charge < -0.3 is 9.63 Å². The average molecular weight is 202 g/mol. The molecule has 1 aromatic heterocycles. The molecule has 0 radical (unpaired) electrons. The van der Waals surface area contributed by atoms with Gasteiger partial charge in [-0.3, -0.25) is 0 Å². The van der Waals surface area contributed by atoms with E-state index in [1.807, 2.05) is 12.1 Å². The maximum atomic E-state index is 8.82. The predicted molar refractivity (Wildman–Crippen MR) is 52.2 cm³/mol. The molecule has 1 aromatic carbocycles. The van der Waals surface area contributed by atoms with E-state index in [-0.39, 0.29) is 18.4 Å². The molecule has 0 spiro atoms. The predicted octanol–water partition coefficient (Wildman–Crippen LogP) is 1.25. The Labute approximate surface area is 86.6 Å². The molecular formula is C11H10N2O2. The molecule has 1 atom stereocenters. The third-order valence-electron chi connectivity index (χ3n) is 2.79. The van der Waals surface area contributed by atoms with Gasteiger partial charge in [-0.25, -0.2) is 0 Å². The van der Waals surface area contributed by atoms with Crippen molar-refractivity contribution in [1.29, 1.82) is 0 Å². The molecule has 0 aliphatic heterocycles. The summed E-state index contributed by atoms with van der Waals surface area (Å²) in [5.41, 5.74) is 2.61. The Morgan fingerprint density at radius 2 is 2.27 bits per heavy atom. The fourth-order valence-corrected chi connectivity index (χ4v) is 1.96. The van der Waals surface area contributed by atoms with Crippen LogP contribution in [0.15, 0.2) is 28.8 Å². The van der Waals surface area contributed by atoms with Gasteiger partial charge in [0.05, 0.1) is 5.92 Å². The molecule has 0 amide bonds. The number of aliphatic hydroxyl groups excluding tert-OH is 1. The second kappa shape index (κ2) is 3.17. The van der Waals surface area contributed by atoms with Gasteiger partial charge >= 0.3 is 0 Å². The van der Waals surface area contributed by atoms with Crippen LogP contribution in [0.2, 0.25) is 0 Å². The van der Waals surface area contributed by atoms with Gasteiger partial charge in [0, 0.05) is 0 Å². The summed E-state index contributed by atoms with van der Waals surface area (Å²) in [5, 5.41) is 12.7. The van der Waals surface area contributed by atoms with Crippen molar-refractivity contribution < 1.29 is 9.63 Å². The summed E-state index contributed by atoms with van der Waals surface area (Å²) < 4.78 is 4.87. The smallest absolute Gasteiger partial charge is 0.252 e. The van der Waals surface area contributed by atoms with Crippen LogP contribution in [0.25, 0.3) is 0 Å². The molecule has 15 heavy (non-hydrogen) atoms. The number of hydrogen-bond acceptors (Lipinski definition) is 4. The Kier molecular flexibility index (Phi) is 1.82. The van der Waals surface area contributed by atoms with E-state index in [1.165, 1.54) is 11.1 Å². The van der Waals surface area contributed by atoms with Crippen molar-refractivity contribution >= 4 is 0 Å². The van der Waals surface area contributed by atoms with Crippen molar-refractivity contribution in [2.45, 2.75) is 18.9 Å². The molecule has 1 aliphatic rings. The lowest BCUT2D eigenvalue weighted by molar-refractivity contribution is 0.222. The summed E-state index contributed by atoms with van der Waals surface area (Å²) in [5.74, 6) is 1.21. The van der Waals surface area contributed by atoms with E-state index in [9.17, 15) is 0 Å². The highest BCUT2D eigenvalue weighted by atomic mass is 16.5. The van der Waals surface area contributed by atoms with Crippen molar-refractivity contribution in [3.63, 3.8) is 0 Å². The number of benzene rings is 1. The van der Waals surface area contributed by atoms with Crippen molar-refractivity contribution in [2.75, 3.05) is 0 Å². The fraction of sp³-hybridized carbons (Fsp3) is 0.273. The molecule has 4 nitrogen and oxygen atoms in total. The van der Waals surface area contributed by atoms with Crippen LogP contribution in [0.4, 0.5) is 0 Å². The van der Waals surface area contributed by atoms with Gasteiger partial charge in [0.2, 0.25) is 0 Å². The van der Waals surface area contributed by atoms with Crippen LogP contribution in [0.3, 0.4) is 0 Å². The highest BCUT2D eigenvalue weighted by Crippen LogP contribution is 2.38. The fourth-order valence-electron chi connectivity index (χ4n) is 1.96. The molecule has 3 rings (SSSR count). The van der Waals surface area contributed by atoms with Crippen LogP contribution in [-0.4, -0.2) is 15.2 Å². The largest absolute Gasteiger partial charge is 0.387 e. The number of rotatable bonds is 2. The third-order valence-corrected chi connectivity index (χ3v) is 2.79. The molecule has 4 heteroatoms. The number of fused-ring (bicyclic) bond motifs is 1. The summed E-state index contributed by atoms with van der Waals surface area (Å²) in [7, 11) is 0. The van der Waals surface area contributed by atoms with E-state index in [0.717, 1.165) is 6.42 Å². The summed E-state index contributed by atoms with van der Waals surface area (Å²) in [6.07, 6.45) is 0.959.